The van der Waals surface area contributed by atoms with E-state index in [-0.39, 0.29) is 0 Å². The molecule has 7 heteroatoms. The van der Waals surface area contributed by atoms with Crippen LogP contribution in [0.4, 0.5) is 4.79 Å². The highest BCUT2D eigenvalue weighted by Crippen LogP contribution is 2.18. The number of nitrogens with zero attached hydrogens (tertiary/aromatic N) is 1. The normalized spacial score (nSPS) is 11.2. The number of carbonyl (C=O) groups excluding carboxylic acids is 2. The highest BCUT2D eigenvalue weighted by Gasteiger charge is 2.15. The van der Waals surface area contributed by atoms with Gasteiger partial charge in [0.05, 0.1) is 16.8 Å². The SMILES string of the molecule is CC(C)(C)OC(=O)N/N=C/c1ccc(OC(=O)c2ccccc2Cl)cc1. The second-order valence-electron chi connectivity index (χ2n) is 6.31. The van der Waals surface area contributed by atoms with E-state index in [1.807, 2.05) is 0 Å². The zero-order valence-corrected chi connectivity index (χ0v) is 15.4. The van der Waals surface area contributed by atoms with Crippen LogP contribution in [-0.2, 0) is 4.74 Å². The predicted molar refractivity (Wildman–Crippen MR) is 99.8 cm³/mol. The van der Waals surface area contributed by atoms with E-state index < -0.39 is 17.7 Å². The van der Waals surface area contributed by atoms with Crippen molar-refractivity contribution in [2.75, 3.05) is 0 Å². The molecule has 0 radical (unpaired) electrons. The van der Waals surface area contributed by atoms with Gasteiger partial charge in [-0.15, -0.1) is 0 Å². The van der Waals surface area contributed by atoms with Crippen molar-refractivity contribution in [1.82, 2.24) is 5.43 Å². The van der Waals surface area contributed by atoms with Crippen LogP contribution in [0.5, 0.6) is 5.75 Å². The molecular weight excluding hydrogens is 356 g/mol. The van der Waals surface area contributed by atoms with Gasteiger partial charge in [0.25, 0.3) is 0 Å². The summed E-state index contributed by atoms with van der Waals surface area (Å²) >= 11 is 5.97. The third kappa shape index (κ3) is 6.22. The molecule has 0 fully saturated rings. The zero-order valence-electron chi connectivity index (χ0n) is 14.7. The van der Waals surface area contributed by atoms with Crippen molar-refractivity contribution in [2.45, 2.75) is 26.4 Å². The molecule has 6 nitrogen and oxygen atoms in total. The lowest BCUT2D eigenvalue weighted by Crippen LogP contribution is -2.29. The van der Waals surface area contributed by atoms with Gasteiger partial charge < -0.3 is 9.47 Å². The first-order chi connectivity index (χ1) is 12.2. The van der Waals surface area contributed by atoms with Gasteiger partial charge in [0.2, 0.25) is 0 Å². The first kappa shape index (κ1) is 19.5. The predicted octanol–water partition coefficient (Wildman–Crippen LogP) is 4.42. The maximum atomic E-state index is 12.1. The summed E-state index contributed by atoms with van der Waals surface area (Å²) in [5.41, 5.74) is 2.68. The minimum Gasteiger partial charge on any atom is -0.443 e. The topological polar surface area (TPSA) is 77.0 Å². The Morgan fingerprint density at radius 1 is 1.08 bits per heavy atom. The summed E-state index contributed by atoms with van der Waals surface area (Å²) in [7, 11) is 0. The van der Waals surface area contributed by atoms with E-state index in [1.165, 1.54) is 6.21 Å². The van der Waals surface area contributed by atoms with Crippen molar-refractivity contribution in [3.05, 3.63) is 64.7 Å². The average Bonchev–Trinajstić information content (AvgIpc) is 2.55. The van der Waals surface area contributed by atoms with Crippen LogP contribution in [0.1, 0.15) is 36.7 Å². The Morgan fingerprint density at radius 2 is 1.73 bits per heavy atom. The molecule has 2 rings (SSSR count). The molecule has 1 N–H and O–H groups in total. The van der Waals surface area contributed by atoms with Crippen molar-refractivity contribution in [2.24, 2.45) is 5.10 Å². The van der Waals surface area contributed by atoms with Crippen molar-refractivity contribution >= 4 is 29.9 Å². The summed E-state index contributed by atoms with van der Waals surface area (Å²) in [5, 5.41) is 4.13. The monoisotopic (exact) mass is 374 g/mol. The second-order valence-corrected chi connectivity index (χ2v) is 6.72. The molecule has 0 aliphatic rings. The van der Waals surface area contributed by atoms with E-state index in [1.54, 1.807) is 69.3 Å². The third-order valence-electron chi connectivity index (χ3n) is 2.95. The largest absolute Gasteiger partial charge is 0.443 e. The first-order valence-electron chi connectivity index (χ1n) is 7.83. The van der Waals surface area contributed by atoms with Gasteiger partial charge in [0.1, 0.15) is 11.4 Å². The maximum absolute atomic E-state index is 12.1. The van der Waals surface area contributed by atoms with Crippen LogP contribution in [0.2, 0.25) is 5.02 Å². The molecule has 0 heterocycles. The highest BCUT2D eigenvalue weighted by molar-refractivity contribution is 6.33. The molecule has 0 spiro atoms. The lowest BCUT2D eigenvalue weighted by Gasteiger charge is -2.18. The van der Waals surface area contributed by atoms with Crippen molar-refractivity contribution in [1.29, 1.82) is 0 Å². The molecule has 2 aromatic rings. The highest BCUT2D eigenvalue weighted by atomic mass is 35.5. The van der Waals surface area contributed by atoms with Crippen LogP contribution in [0.3, 0.4) is 0 Å². The quantitative estimate of drug-likeness (QED) is 0.372. The van der Waals surface area contributed by atoms with E-state index in [4.69, 9.17) is 21.1 Å². The number of ether oxygens (including phenoxy) is 2. The number of benzene rings is 2. The summed E-state index contributed by atoms with van der Waals surface area (Å²) in [5.74, 6) is -0.171. The van der Waals surface area contributed by atoms with Gasteiger partial charge >= 0.3 is 12.1 Å². The molecule has 0 bridgehead atoms. The van der Waals surface area contributed by atoms with Gasteiger partial charge in [0, 0.05) is 0 Å². The smallest absolute Gasteiger partial charge is 0.428 e. The standard InChI is InChI=1S/C19H19ClN2O4/c1-19(2,3)26-18(24)22-21-12-13-8-10-14(11-9-13)25-17(23)15-6-4-5-7-16(15)20/h4-12H,1-3H3,(H,22,24)/b21-12+. The van der Waals surface area contributed by atoms with Crippen molar-refractivity contribution in [3.8, 4) is 5.75 Å². The number of rotatable bonds is 4. The lowest BCUT2D eigenvalue weighted by molar-refractivity contribution is 0.0529. The molecule has 1 amide bonds. The number of hydrogen-bond acceptors (Lipinski definition) is 5. The minimum absolute atomic E-state index is 0.293. The third-order valence-corrected chi connectivity index (χ3v) is 3.28. The van der Waals surface area contributed by atoms with E-state index in [2.05, 4.69) is 10.5 Å². The molecule has 0 saturated heterocycles. The number of esters is 1. The van der Waals surface area contributed by atoms with E-state index in [9.17, 15) is 9.59 Å². The van der Waals surface area contributed by atoms with Crippen LogP contribution in [0.25, 0.3) is 0 Å². The van der Waals surface area contributed by atoms with Crippen LogP contribution >= 0.6 is 11.6 Å². The Kier molecular flexibility index (Phi) is 6.36. The molecule has 2 aromatic carbocycles. The first-order valence-corrected chi connectivity index (χ1v) is 8.21. The molecule has 26 heavy (non-hydrogen) atoms. The van der Waals surface area contributed by atoms with Gasteiger partial charge in [-0.3, -0.25) is 0 Å². The lowest BCUT2D eigenvalue weighted by atomic mass is 10.2. The summed E-state index contributed by atoms with van der Waals surface area (Å²) in [6.45, 7) is 5.29. The maximum Gasteiger partial charge on any atom is 0.428 e. The van der Waals surface area contributed by atoms with Crippen LogP contribution in [0.15, 0.2) is 53.6 Å². The van der Waals surface area contributed by atoms with Crippen LogP contribution < -0.4 is 10.2 Å². The molecule has 136 valence electrons. The fourth-order valence-electron chi connectivity index (χ4n) is 1.87. The van der Waals surface area contributed by atoms with Crippen molar-refractivity contribution in [3.63, 3.8) is 0 Å². The van der Waals surface area contributed by atoms with Gasteiger partial charge in [-0.25, -0.2) is 15.0 Å². The van der Waals surface area contributed by atoms with E-state index in [0.717, 1.165) is 0 Å². The van der Waals surface area contributed by atoms with Gasteiger partial charge in [-0.2, -0.15) is 5.10 Å². The fourth-order valence-corrected chi connectivity index (χ4v) is 2.08. The molecular formula is C19H19ClN2O4. The van der Waals surface area contributed by atoms with E-state index in [0.29, 0.717) is 21.9 Å². The molecule has 0 atom stereocenters. The summed E-state index contributed by atoms with van der Waals surface area (Å²) < 4.78 is 10.3. The number of hydrogen-bond donors (Lipinski definition) is 1. The van der Waals surface area contributed by atoms with Crippen molar-refractivity contribution < 1.29 is 19.1 Å². The Hall–Kier alpha value is -2.86. The number of carbonyl (C=O) groups is 2. The summed E-state index contributed by atoms with van der Waals surface area (Å²) in [4.78, 5) is 23.6. The molecule has 0 aliphatic heterocycles. The molecule has 0 aromatic heterocycles. The molecule has 0 unspecified atom stereocenters. The Balaban J connectivity index is 1.92. The van der Waals surface area contributed by atoms with Gasteiger partial charge in [0.15, 0.2) is 0 Å². The van der Waals surface area contributed by atoms with Crippen LogP contribution in [-0.4, -0.2) is 23.9 Å². The van der Waals surface area contributed by atoms with Gasteiger partial charge in [-0.1, -0.05) is 23.7 Å². The minimum atomic E-state index is -0.640. The Labute approximate surface area is 156 Å². The molecule has 0 aliphatic carbocycles. The number of halogens is 1. The number of hydrazone groups is 1. The average molecular weight is 375 g/mol. The van der Waals surface area contributed by atoms with E-state index >= 15 is 0 Å². The second kappa shape index (κ2) is 8.49. The van der Waals surface area contributed by atoms with Crippen LogP contribution in [0, 0.1) is 0 Å². The number of nitrogens with one attached hydrogen (secondary N) is 1. The zero-order chi connectivity index (χ0) is 19.2. The molecule has 0 saturated carbocycles. The Morgan fingerprint density at radius 3 is 2.35 bits per heavy atom. The summed E-state index contributed by atoms with van der Waals surface area (Å²) in [6, 6.07) is 13.3. The fraction of sp³-hybridized carbons (Fsp3) is 0.211. The van der Waals surface area contributed by atoms with Gasteiger partial charge in [-0.05, 0) is 62.7 Å². The summed E-state index contributed by atoms with van der Waals surface area (Å²) in [6.07, 6.45) is 0.808. The number of amides is 1. The Bertz CT molecular complexity index is 811.